The molecule has 0 saturated heterocycles. The monoisotopic (exact) mass is 312 g/mol. The van der Waals surface area contributed by atoms with E-state index in [0.29, 0.717) is 6.54 Å². The summed E-state index contributed by atoms with van der Waals surface area (Å²) in [7, 11) is 4.08. The first kappa shape index (κ1) is 14.8. The molecular formula is C13H21BrN4. The van der Waals surface area contributed by atoms with Gasteiger partial charge in [-0.2, -0.15) is 0 Å². The third-order valence-corrected chi connectivity index (χ3v) is 2.80. The molecule has 0 aromatic carbocycles. The van der Waals surface area contributed by atoms with Gasteiger partial charge < -0.3 is 14.8 Å². The molecule has 0 spiro atoms. The highest BCUT2D eigenvalue weighted by Gasteiger charge is 2.07. The Balaban J connectivity index is 2.70. The molecule has 0 aliphatic heterocycles. The number of guanidine groups is 1. The van der Waals surface area contributed by atoms with Crippen LogP contribution >= 0.6 is 15.9 Å². The predicted molar refractivity (Wildman–Crippen MR) is 80.9 cm³/mol. The zero-order valence-electron chi connectivity index (χ0n) is 11.3. The Morgan fingerprint density at radius 1 is 1.61 bits per heavy atom. The molecule has 0 atom stereocenters. The largest absolute Gasteiger partial charge is 0.357 e. The van der Waals surface area contributed by atoms with Gasteiger partial charge in [0.05, 0.1) is 13.1 Å². The summed E-state index contributed by atoms with van der Waals surface area (Å²) in [5.41, 5.74) is 1.25. The maximum atomic E-state index is 4.50. The van der Waals surface area contributed by atoms with Crippen molar-refractivity contribution in [3.63, 3.8) is 0 Å². The van der Waals surface area contributed by atoms with E-state index >= 15 is 0 Å². The van der Waals surface area contributed by atoms with Crippen molar-refractivity contribution in [3.05, 3.63) is 35.1 Å². The molecule has 100 valence electrons. The van der Waals surface area contributed by atoms with Crippen molar-refractivity contribution in [2.24, 2.45) is 12.0 Å². The van der Waals surface area contributed by atoms with Gasteiger partial charge in [0.25, 0.3) is 0 Å². The fourth-order valence-corrected chi connectivity index (χ4v) is 1.73. The van der Waals surface area contributed by atoms with Crippen molar-refractivity contribution < 1.29 is 0 Å². The van der Waals surface area contributed by atoms with Crippen molar-refractivity contribution >= 4 is 21.9 Å². The molecular weight excluding hydrogens is 292 g/mol. The number of halogens is 1. The molecule has 4 nitrogen and oxygen atoms in total. The van der Waals surface area contributed by atoms with Gasteiger partial charge >= 0.3 is 0 Å². The Bertz CT molecular complexity index is 422. The number of aryl methyl sites for hydroxylation is 1. The Kier molecular flexibility index (Phi) is 5.98. The zero-order valence-corrected chi connectivity index (χ0v) is 12.9. The second-order valence-corrected chi connectivity index (χ2v) is 5.28. The van der Waals surface area contributed by atoms with Gasteiger partial charge in [0, 0.05) is 37.0 Å². The molecule has 0 bridgehead atoms. The SMILES string of the molecule is C=C(Br)CN=C(NCC)N(C)Cc1cccn1C. The quantitative estimate of drug-likeness (QED) is 0.668. The Morgan fingerprint density at radius 3 is 2.83 bits per heavy atom. The summed E-state index contributed by atoms with van der Waals surface area (Å²) in [5, 5.41) is 3.27. The molecule has 1 heterocycles. The van der Waals surface area contributed by atoms with Crippen LogP contribution in [0.4, 0.5) is 0 Å². The van der Waals surface area contributed by atoms with Gasteiger partial charge in [-0.1, -0.05) is 22.5 Å². The molecule has 0 aliphatic carbocycles. The molecule has 1 aromatic heterocycles. The van der Waals surface area contributed by atoms with Crippen LogP contribution < -0.4 is 5.32 Å². The van der Waals surface area contributed by atoms with Crippen LogP contribution in [0.25, 0.3) is 0 Å². The van der Waals surface area contributed by atoms with E-state index in [1.165, 1.54) is 5.69 Å². The highest BCUT2D eigenvalue weighted by Crippen LogP contribution is 2.05. The minimum atomic E-state index is 0.583. The number of aromatic nitrogens is 1. The molecule has 0 radical (unpaired) electrons. The molecule has 0 aliphatic rings. The molecule has 1 rings (SSSR count). The van der Waals surface area contributed by atoms with Crippen molar-refractivity contribution in [2.75, 3.05) is 20.1 Å². The molecule has 1 N–H and O–H groups in total. The standard InChI is InChI=1S/C13H21BrN4/c1-5-15-13(16-9-11(2)14)18(4)10-12-7-6-8-17(12)3/h6-8H,2,5,9-10H2,1,3-4H3,(H,15,16). The van der Waals surface area contributed by atoms with Gasteiger partial charge in [-0.25, -0.2) is 4.99 Å². The summed E-state index contributed by atoms with van der Waals surface area (Å²) in [6.07, 6.45) is 2.05. The van der Waals surface area contributed by atoms with Crippen LogP contribution in [-0.2, 0) is 13.6 Å². The summed E-state index contributed by atoms with van der Waals surface area (Å²) < 4.78 is 2.99. The average Bonchev–Trinajstić information content (AvgIpc) is 2.70. The van der Waals surface area contributed by atoms with Crippen LogP contribution in [0.3, 0.4) is 0 Å². The molecule has 5 heteroatoms. The van der Waals surface area contributed by atoms with Crippen LogP contribution in [0.2, 0.25) is 0 Å². The molecule has 0 fully saturated rings. The summed E-state index contributed by atoms with van der Waals surface area (Å²) in [4.78, 5) is 6.60. The summed E-state index contributed by atoms with van der Waals surface area (Å²) in [6.45, 7) is 8.12. The fourth-order valence-electron chi connectivity index (χ4n) is 1.61. The van der Waals surface area contributed by atoms with Crippen LogP contribution in [-0.4, -0.2) is 35.6 Å². The average molecular weight is 313 g/mol. The Morgan fingerprint density at radius 2 is 2.33 bits per heavy atom. The number of hydrogen-bond acceptors (Lipinski definition) is 1. The third-order valence-electron chi connectivity index (χ3n) is 2.55. The van der Waals surface area contributed by atoms with Crippen molar-refractivity contribution in [1.29, 1.82) is 0 Å². The number of rotatable bonds is 5. The normalized spacial score (nSPS) is 11.4. The first-order valence-electron chi connectivity index (χ1n) is 5.97. The molecule has 0 unspecified atom stereocenters. The minimum absolute atomic E-state index is 0.583. The lowest BCUT2D eigenvalue weighted by Gasteiger charge is -2.22. The number of aliphatic imine (C=N–C) groups is 1. The third kappa shape index (κ3) is 4.56. The van der Waals surface area contributed by atoms with E-state index in [1.807, 2.05) is 26.4 Å². The van der Waals surface area contributed by atoms with Crippen molar-refractivity contribution in [2.45, 2.75) is 13.5 Å². The summed E-state index contributed by atoms with van der Waals surface area (Å²) in [5.74, 6) is 0.888. The van der Waals surface area contributed by atoms with Crippen LogP contribution in [0.15, 0.2) is 34.4 Å². The smallest absolute Gasteiger partial charge is 0.194 e. The van der Waals surface area contributed by atoms with Crippen LogP contribution in [0.1, 0.15) is 12.6 Å². The lowest BCUT2D eigenvalue weighted by Crippen LogP contribution is -2.38. The second kappa shape index (κ2) is 7.26. The van der Waals surface area contributed by atoms with E-state index in [1.54, 1.807) is 0 Å². The Labute approximate surface area is 118 Å². The minimum Gasteiger partial charge on any atom is -0.357 e. The van der Waals surface area contributed by atoms with Gasteiger partial charge in [-0.05, 0) is 19.1 Å². The summed E-state index contributed by atoms with van der Waals surface area (Å²) in [6, 6.07) is 4.16. The topological polar surface area (TPSA) is 32.6 Å². The Hall–Kier alpha value is -1.23. The van der Waals surface area contributed by atoms with Crippen LogP contribution in [0.5, 0.6) is 0 Å². The van der Waals surface area contributed by atoms with Crippen molar-refractivity contribution in [1.82, 2.24) is 14.8 Å². The highest BCUT2D eigenvalue weighted by atomic mass is 79.9. The second-order valence-electron chi connectivity index (χ2n) is 4.15. The zero-order chi connectivity index (χ0) is 13.5. The van der Waals surface area contributed by atoms with Gasteiger partial charge in [-0.3, -0.25) is 0 Å². The first-order valence-corrected chi connectivity index (χ1v) is 6.76. The van der Waals surface area contributed by atoms with E-state index in [9.17, 15) is 0 Å². The fraction of sp³-hybridized carbons (Fsp3) is 0.462. The van der Waals surface area contributed by atoms with E-state index < -0.39 is 0 Å². The number of nitrogens with zero attached hydrogens (tertiary/aromatic N) is 3. The van der Waals surface area contributed by atoms with Gasteiger partial charge in [-0.15, -0.1) is 0 Å². The van der Waals surface area contributed by atoms with E-state index in [-0.39, 0.29) is 0 Å². The molecule has 0 amide bonds. The maximum Gasteiger partial charge on any atom is 0.194 e. The molecule has 1 aromatic rings. The molecule has 18 heavy (non-hydrogen) atoms. The van der Waals surface area contributed by atoms with E-state index in [2.05, 4.69) is 55.3 Å². The lowest BCUT2D eigenvalue weighted by molar-refractivity contribution is 0.463. The van der Waals surface area contributed by atoms with E-state index in [0.717, 1.165) is 23.5 Å². The lowest BCUT2D eigenvalue weighted by atomic mass is 10.4. The van der Waals surface area contributed by atoms with Crippen molar-refractivity contribution in [3.8, 4) is 0 Å². The van der Waals surface area contributed by atoms with E-state index in [4.69, 9.17) is 0 Å². The number of hydrogen-bond donors (Lipinski definition) is 1. The number of nitrogens with one attached hydrogen (secondary N) is 1. The molecule has 0 saturated carbocycles. The van der Waals surface area contributed by atoms with Gasteiger partial charge in [0.15, 0.2) is 5.96 Å². The highest BCUT2D eigenvalue weighted by molar-refractivity contribution is 9.11. The van der Waals surface area contributed by atoms with Gasteiger partial charge in [0.2, 0.25) is 0 Å². The first-order chi connectivity index (χ1) is 8.54. The summed E-state index contributed by atoms with van der Waals surface area (Å²) >= 11 is 3.32. The van der Waals surface area contributed by atoms with Crippen LogP contribution in [0, 0.1) is 0 Å². The van der Waals surface area contributed by atoms with Gasteiger partial charge in [0.1, 0.15) is 0 Å². The predicted octanol–water partition coefficient (Wildman–Crippen LogP) is 2.33. The maximum absolute atomic E-state index is 4.50.